The molecular weight excluding hydrogens is 401 g/mol. The second-order valence-corrected chi connectivity index (χ2v) is 7.66. The fourth-order valence-corrected chi connectivity index (χ4v) is 3.69. The number of nitrogens with one attached hydrogen (secondary N) is 1. The molecule has 3 aromatic rings. The van der Waals surface area contributed by atoms with E-state index in [9.17, 15) is 4.79 Å². The summed E-state index contributed by atoms with van der Waals surface area (Å²) < 4.78 is 5.44. The standard InChI is InChI=1S/C21H17Cl2NO2S/c1-26-20-10-5-14(21(25)24-18-4-2-3-17(23)12-18)11-15(20)13-27-19-8-6-16(22)7-9-19/h2-12H,13H2,1H3,(H,24,25). The maximum Gasteiger partial charge on any atom is 0.255 e. The first-order chi connectivity index (χ1) is 13.0. The molecule has 0 unspecified atom stereocenters. The molecule has 0 spiro atoms. The summed E-state index contributed by atoms with van der Waals surface area (Å²) in [4.78, 5) is 13.7. The minimum Gasteiger partial charge on any atom is -0.496 e. The van der Waals surface area contributed by atoms with Crippen molar-refractivity contribution in [1.82, 2.24) is 0 Å². The SMILES string of the molecule is COc1ccc(C(=O)Nc2cccc(Cl)c2)cc1CSc1ccc(Cl)cc1. The number of rotatable bonds is 6. The molecule has 0 atom stereocenters. The maximum atomic E-state index is 12.6. The third-order valence-electron chi connectivity index (χ3n) is 3.83. The van der Waals surface area contributed by atoms with Gasteiger partial charge in [0, 0.05) is 37.5 Å². The summed E-state index contributed by atoms with van der Waals surface area (Å²) >= 11 is 13.5. The predicted molar refractivity (Wildman–Crippen MR) is 113 cm³/mol. The van der Waals surface area contributed by atoms with E-state index in [2.05, 4.69) is 5.32 Å². The topological polar surface area (TPSA) is 38.3 Å². The summed E-state index contributed by atoms with van der Waals surface area (Å²) in [5.41, 5.74) is 2.15. The van der Waals surface area contributed by atoms with Crippen LogP contribution in [0.25, 0.3) is 0 Å². The molecule has 0 saturated heterocycles. The maximum absolute atomic E-state index is 12.6. The van der Waals surface area contributed by atoms with Crippen LogP contribution in [-0.4, -0.2) is 13.0 Å². The average Bonchev–Trinajstić information content (AvgIpc) is 2.67. The number of benzene rings is 3. The summed E-state index contributed by atoms with van der Waals surface area (Å²) in [7, 11) is 1.62. The van der Waals surface area contributed by atoms with Crippen molar-refractivity contribution < 1.29 is 9.53 Å². The van der Waals surface area contributed by atoms with Crippen molar-refractivity contribution >= 4 is 46.6 Å². The zero-order valence-corrected chi connectivity index (χ0v) is 16.9. The molecule has 0 fully saturated rings. The van der Waals surface area contributed by atoms with Gasteiger partial charge in [0.05, 0.1) is 7.11 Å². The number of methoxy groups -OCH3 is 1. The Bertz CT molecular complexity index is 945. The highest BCUT2D eigenvalue weighted by atomic mass is 35.5. The van der Waals surface area contributed by atoms with E-state index in [1.165, 1.54) is 0 Å². The number of hydrogen-bond donors (Lipinski definition) is 1. The highest BCUT2D eigenvalue weighted by molar-refractivity contribution is 7.98. The number of thioether (sulfide) groups is 1. The molecule has 3 nitrogen and oxygen atoms in total. The van der Waals surface area contributed by atoms with Crippen LogP contribution in [0.1, 0.15) is 15.9 Å². The van der Waals surface area contributed by atoms with Crippen LogP contribution in [0.15, 0.2) is 71.6 Å². The van der Waals surface area contributed by atoms with E-state index in [1.54, 1.807) is 49.2 Å². The van der Waals surface area contributed by atoms with Crippen LogP contribution >= 0.6 is 35.0 Å². The molecule has 1 amide bonds. The molecule has 0 aliphatic carbocycles. The monoisotopic (exact) mass is 417 g/mol. The highest BCUT2D eigenvalue weighted by Gasteiger charge is 2.11. The van der Waals surface area contributed by atoms with Crippen LogP contribution in [0.5, 0.6) is 5.75 Å². The molecule has 0 aliphatic heterocycles. The van der Waals surface area contributed by atoms with Crippen LogP contribution in [0.3, 0.4) is 0 Å². The third-order valence-corrected chi connectivity index (χ3v) is 5.38. The summed E-state index contributed by atoms with van der Waals surface area (Å²) in [5.74, 6) is 1.22. The normalized spacial score (nSPS) is 10.5. The van der Waals surface area contributed by atoms with E-state index in [0.29, 0.717) is 27.0 Å². The number of halogens is 2. The van der Waals surface area contributed by atoms with Crippen molar-refractivity contribution in [2.75, 3.05) is 12.4 Å². The Morgan fingerprint density at radius 3 is 2.48 bits per heavy atom. The van der Waals surface area contributed by atoms with Crippen LogP contribution in [0.2, 0.25) is 10.0 Å². The first-order valence-electron chi connectivity index (χ1n) is 8.17. The molecule has 0 saturated carbocycles. The van der Waals surface area contributed by atoms with Gasteiger partial charge in [-0.05, 0) is 60.7 Å². The predicted octanol–water partition coefficient (Wildman–Crippen LogP) is 6.55. The lowest BCUT2D eigenvalue weighted by Gasteiger charge is -2.11. The molecule has 0 aromatic heterocycles. The Morgan fingerprint density at radius 1 is 1.00 bits per heavy atom. The number of ether oxygens (including phenoxy) is 1. The van der Waals surface area contributed by atoms with Gasteiger partial charge in [-0.1, -0.05) is 29.3 Å². The zero-order chi connectivity index (χ0) is 19.2. The summed E-state index contributed by atoms with van der Waals surface area (Å²) in [6, 6.07) is 20.1. The smallest absolute Gasteiger partial charge is 0.255 e. The zero-order valence-electron chi connectivity index (χ0n) is 14.5. The summed E-state index contributed by atoms with van der Waals surface area (Å²) in [5, 5.41) is 4.14. The Balaban J connectivity index is 1.75. The van der Waals surface area contributed by atoms with Crippen molar-refractivity contribution in [3.05, 3.63) is 87.9 Å². The molecule has 1 N–H and O–H groups in total. The van der Waals surface area contributed by atoms with Gasteiger partial charge in [-0.25, -0.2) is 0 Å². The molecule has 0 radical (unpaired) electrons. The van der Waals surface area contributed by atoms with Gasteiger partial charge in [0.15, 0.2) is 0 Å². The Morgan fingerprint density at radius 2 is 1.78 bits per heavy atom. The Labute approximate surface area is 172 Å². The van der Waals surface area contributed by atoms with Crippen molar-refractivity contribution in [3.63, 3.8) is 0 Å². The van der Waals surface area contributed by atoms with Crippen LogP contribution in [0.4, 0.5) is 5.69 Å². The van der Waals surface area contributed by atoms with E-state index in [1.807, 2.05) is 36.4 Å². The van der Waals surface area contributed by atoms with Crippen molar-refractivity contribution in [2.45, 2.75) is 10.6 Å². The second-order valence-electron chi connectivity index (χ2n) is 5.73. The fraction of sp³-hybridized carbons (Fsp3) is 0.0952. The molecule has 0 heterocycles. The van der Waals surface area contributed by atoms with E-state index < -0.39 is 0 Å². The van der Waals surface area contributed by atoms with E-state index in [-0.39, 0.29) is 5.91 Å². The van der Waals surface area contributed by atoms with E-state index in [0.717, 1.165) is 16.2 Å². The van der Waals surface area contributed by atoms with E-state index in [4.69, 9.17) is 27.9 Å². The lowest BCUT2D eigenvalue weighted by molar-refractivity contribution is 0.102. The van der Waals surface area contributed by atoms with Crippen molar-refractivity contribution in [1.29, 1.82) is 0 Å². The molecule has 0 aliphatic rings. The van der Waals surface area contributed by atoms with Crippen molar-refractivity contribution in [3.8, 4) is 5.75 Å². The Kier molecular flexibility index (Phi) is 6.67. The van der Waals surface area contributed by atoms with Gasteiger partial charge in [-0.3, -0.25) is 4.79 Å². The number of hydrogen-bond acceptors (Lipinski definition) is 3. The molecule has 6 heteroatoms. The lowest BCUT2D eigenvalue weighted by Crippen LogP contribution is -2.12. The molecule has 27 heavy (non-hydrogen) atoms. The van der Waals surface area contributed by atoms with Gasteiger partial charge in [-0.15, -0.1) is 11.8 Å². The number of anilines is 1. The van der Waals surface area contributed by atoms with Gasteiger partial charge in [0.25, 0.3) is 5.91 Å². The van der Waals surface area contributed by atoms with E-state index >= 15 is 0 Å². The van der Waals surface area contributed by atoms with Crippen LogP contribution < -0.4 is 10.1 Å². The number of amides is 1. The fourth-order valence-electron chi connectivity index (χ4n) is 2.49. The van der Waals surface area contributed by atoms with Gasteiger partial charge < -0.3 is 10.1 Å². The minimum absolute atomic E-state index is 0.197. The average molecular weight is 418 g/mol. The number of carbonyl (C=O) groups is 1. The van der Waals surface area contributed by atoms with Crippen LogP contribution in [0, 0.1) is 0 Å². The molecule has 138 valence electrons. The van der Waals surface area contributed by atoms with Crippen LogP contribution in [-0.2, 0) is 5.75 Å². The molecular formula is C21H17Cl2NO2S. The highest BCUT2D eigenvalue weighted by Crippen LogP contribution is 2.30. The lowest BCUT2D eigenvalue weighted by atomic mass is 10.1. The molecule has 0 bridgehead atoms. The minimum atomic E-state index is -0.197. The quantitative estimate of drug-likeness (QED) is 0.462. The Hall–Kier alpha value is -2.14. The summed E-state index contributed by atoms with van der Waals surface area (Å²) in [6.45, 7) is 0. The third kappa shape index (κ3) is 5.42. The van der Waals surface area contributed by atoms with Crippen molar-refractivity contribution in [2.24, 2.45) is 0 Å². The second kappa shape index (κ2) is 9.18. The van der Waals surface area contributed by atoms with Gasteiger partial charge in [0.1, 0.15) is 5.75 Å². The number of carbonyl (C=O) groups excluding carboxylic acids is 1. The first-order valence-corrected chi connectivity index (χ1v) is 9.91. The molecule has 3 rings (SSSR count). The van der Waals surface area contributed by atoms with Gasteiger partial charge >= 0.3 is 0 Å². The van der Waals surface area contributed by atoms with Gasteiger partial charge in [-0.2, -0.15) is 0 Å². The van der Waals surface area contributed by atoms with Gasteiger partial charge in [0.2, 0.25) is 0 Å². The largest absolute Gasteiger partial charge is 0.496 e. The molecule has 3 aromatic carbocycles. The first kappa shape index (κ1) is 19.6. The summed E-state index contributed by atoms with van der Waals surface area (Å²) in [6.07, 6.45) is 0.